The third-order valence-electron chi connectivity index (χ3n) is 4.71. The number of amides is 3. The summed E-state index contributed by atoms with van der Waals surface area (Å²) in [6, 6.07) is -0.171. The smallest absolute Gasteiger partial charge is 0.333 e. The highest BCUT2D eigenvalue weighted by Gasteiger charge is 2.46. The van der Waals surface area contributed by atoms with Gasteiger partial charge in [0.2, 0.25) is 5.91 Å². The van der Waals surface area contributed by atoms with E-state index >= 15 is 0 Å². The molecule has 0 saturated carbocycles. The summed E-state index contributed by atoms with van der Waals surface area (Å²) in [6.07, 6.45) is 0.705. The lowest BCUT2D eigenvalue weighted by atomic mass is 9.79. The lowest BCUT2D eigenvalue weighted by Crippen LogP contribution is -2.62. The Labute approximate surface area is 152 Å². The van der Waals surface area contributed by atoms with Crippen LogP contribution in [0.2, 0.25) is 0 Å². The first-order valence-electron chi connectivity index (χ1n) is 8.76. The lowest BCUT2D eigenvalue weighted by Gasteiger charge is -2.50. The number of hydrogen-bond acceptors (Lipinski definition) is 6. The second kappa shape index (κ2) is 7.32. The number of nitrogens with one attached hydrogen (secondary N) is 1. The van der Waals surface area contributed by atoms with E-state index in [1.807, 2.05) is 27.7 Å². The number of rotatable bonds is 5. The number of piperidine rings is 1. The first kappa shape index (κ1) is 20.3. The molecule has 0 unspecified atom stereocenters. The monoisotopic (exact) mass is 368 g/mol. The molecule has 0 bridgehead atoms. The van der Waals surface area contributed by atoms with E-state index in [1.54, 1.807) is 0 Å². The molecular weight excluding hydrogens is 342 g/mol. The molecule has 0 aromatic rings. The lowest BCUT2D eigenvalue weighted by molar-refractivity contribution is -0.290. The van der Waals surface area contributed by atoms with Crippen LogP contribution < -0.4 is 5.32 Å². The molecule has 1 N–H and O–H groups in total. The number of carbonyl (C=O) groups is 4. The molecule has 0 aromatic carbocycles. The van der Waals surface area contributed by atoms with E-state index in [4.69, 9.17) is 4.84 Å². The Balaban J connectivity index is 1.81. The highest BCUT2D eigenvalue weighted by molar-refractivity contribution is 6.01. The van der Waals surface area contributed by atoms with Gasteiger partial charge in [-0.15, -0.1) is 15.3 Å². The van der Waals surface area contributed by atoms with Crippen molar-refractivity contribution in [3.63, 3.8) is 0 Å². The molecule has 0 aromatic heterocycles. The van der Waals surface area contributed by atoms with Crippen LogP contribution in [-0.2, 0) is 29.2 Å². The van der Waals surface area contributed by atoms with E-state index in [9.17, 15) is 24.4 Å². The van der Waals surface area contributed by atoms with E-state index in [2.05, 4.69) is 5.32 Å². The van der Waals surface area contributed by atoms with E-state index in [-0.39, 0.29) is 37.6 Å². The highest BCUT2D eigenvalue weighted by atomic mass is 16.7. The van der Waals surface area contributed by atoms with Gasteiger partial charge in [-0.25, -0.2) is 4.79 Å². The van der Waals surface area contributed by atoms with Gasteiger partial charge in [-0.3, -0.25) is 14.4 Å². The summed E-state index contributed by atoms with van der Waals surface area (Å²) in [4.78, 5) is 51.4. The minimum absolute atomic E-state index is 0.0244. The molecule has 0 atom stereocenters. The summed E-state index contributed by atoms with van der Waals surface area (Å²) >= 11 is 0. The molecule has 0 aliphatic carbocycles. The maximum absolute atomic E-state index is 12.3. The summed E-state index contributed by atoms with van der Waals surface area (Å²) < 4.78 is 0. The van der Waals surface area contributed by atoms with Crippen LogP contribution in [0.1, 0.15) is 66.2 Å². The van der Waals surface area contributed by atoms with Gasteiger partial charge in [0.15, 0.2) is 0 Å². The minimum atomic E-state index is -0.807. The van der Waals surface area contributed by atoms with Crippen molar-refractivity contribution in [1.82, 2.24) is 15.4 Å². The highest BCUT2D eigenvalue weighted by Crippen LogP contribution is 2.36. The van der Waals surface area contributed by atoms with Crippen LogP contribution in [0, 0.1) is 0 Å². The van der Waals surface area contributed by atoms with Crippen LogP contribution in [-0.4, -0.2) is 50.9 Å². The molecule has 2 heterocycles. The van der Waals surface area contributed by atoms with Crippen molar-refractivity contribution in [3.8, 4) is 0 Å². The van der Waals surface area contributed by atoms with Crippen molar-refractivity contribution in [1.29, 1.82) is 0 Å². The zero-order valence-corrected chi connectivity index (χ0v) is 15.7. The van der Waals surface area contributed by atoms with Crippen LogP contribution in [0.3, 0.4) is 0 Å². The molecule has 2 saturated heterocycles. The fourth-order valence-electron chi connectivity index (χ4n) is 3.69. The fourth-order valence-corrected chi connectivity index (χ4v) is 3.69. The summed E-state index contributed by atoms with van der Waals surface area (Å²) in [5.74, 6) is -2.25. The van der Waals surface area contributed by atoms with Gasteiger partial charge in [0, 0.05) is 36.4 Å². The van der Waals surface area contributed by atoms with E-state index in [0.29, 0.717) is 17.9 Å². The molecule has 2 rings (SSSR count). The number of hydrogen-bond donors (Lipinski definition) is 1. The first-order chi connectivity index (χ1) is 11.9. The Morgan fingerprint density at radius 1 is 1.04 bits per heavy atom. The summed E-state index contributed by atoms with van der Waals surface area (Å²) in [7, 11) is 0. The second-order valence-electron chi connectivity index (χ2n) is 8.14. The van der Waals surface area contributed by atoms with Gasteiger partial charge >= 0.3 is 5.97 Å². The summed E-state index contributed by atoms with van der Waals surface area (Å²) in [6.45, 7) is 7.34. The Kier molecular flexibility index (Phi) is 5.72. The standard InChI is InChI=1S/C17H26N3O6/c1-16(2)9-11(10-17(3,4)20(16)25)18-12(21)5-8-15(24)26-19-13(22)6-7-14(19)23/h11H,5-10H2,1-4H3,(H,18,21). The largest absolute Gasteiger partial charge is 0.353 e. The van der Waals surface area contributed by atoms with Crippen LogP contribution in [0.4, 0.5) is 0 Å². The molecule has 3 amide bonds. The Hall–Kier alpha value is -2.00. The molecule has 26 heavy (non-hydrogen) atoms. The Morgan fingerprint density at radius 2 is 1.54 bits per heavy atom. The van der Waals surface area contributed by atoms with Crippen LogP contribution in [0.5, 0.6) is 0 Å². The second-order valence-corrected chi connectivity index (χ2v) is 8.14. The molecule has 0 spiro atoms. The van der Waals surface area contributed by atoms with Gasteiger partial charge in [-0.2, -0.15) is 0 Å². The fraction of sp³-hybridized carbons (Fsp3) is 0.765. The number of hydroxylamine groups is 4. The minimum Gasteiger partial charge on any atom is -0.353 e. The normalized spacial score (nSPS) is 23.2. The van der Waals surface area contributed by atoms with E-state index in [1.165, 1.54) is 0 Å². The molecule has 2 aliphatic rings. The molecule has 1 radical (unpaired) electrons. The topological polar surface area (TPSA) is 116 Å². The Morgan fingerprint density at radius 3 is 2.04 bits per heavy atom. The van der Waals surface area contributed by atoms with Crippen molar-refractivity contribution in [2.24, 2.45) is 0 Å². The van der Waals surface area contributed by atoms with E-state index < -0.39 is 28.9 Å². The number of nitrogens with zero attached hydrogens (tertiary/aromatic N) is 2. The zero-order chi connectivity index (χ0) is 19.7. The van der Waals surface area contributed by atoms with Gasteiger partial charge in [0.25, 0.3) is 11.8 Å². The van der Waals surface area contributed by atoms with Crippen molar-refractivity contribution in [3.05, 3.63) is 0 Å². The summed E-state index contributed by atoms with van der Waals surface area (Å²) in [5.41, 5.74) is -1.20. The average molecular weight is 368 g/mol. The summed E-state index contributed by atoms with van der Waals surface area (Å²) in [5, 5.41) is 16.7. The van der Waals surface area contributed by atoms with Gasteiger partial charge in [-0.05, 0) is 40.5 Å². The molecule has 145 valence electrons. The SMILES string of the molecule is CC1(C)CC(NC(=O)CCC(=O)ON2C(=O)CCC2=O)CC(C)(C)N1[O]. The average Bonchev–Trinajstić information content (AvgIpc) is 2.82. The van der Waals surface area contributed by atoms with Crippen LogP contribution in [0.25, 0.3) is 0 Å². The van der Waals surface area contributed by atoms with E-state index in [0.717, 1.165) is 5.06 Å². The van der Waals surface area contributed by atoms with Gasteiger partial charge < -0.3 is 10.2 Å². The predicted octanol–water partition coefficient (Wildman–Crippen LogP) is 0.857. The molecule has 9 heteroatoms. The molecule has 9 nitrogen and oxygen atoms in total. The maximum atomic E-state index is 12.3. The van der Waals surface area contributed by atoms with Gasteiger partial charge in [0.1, 0.15) is 0 Å². The molecule has 2 aliphatic heterocycles. The van der Waals surface area contributed by atoms with Crippen molar-refractivity contribution in [2.45, 2.75) is 83.3 Å². The van der Waals surface area contributed by atoms with Gasteiger partial charge in [-0.1, -0.05) is 0 Å². The third-order valence-corrected chi connectivity index (χ3v) is 4.71. The van der Waals surface area contributed by atoms with Crippen molar-refractivity contribution in [2.75, 3.05) is 0 Å². The van der Waals surface area contributed by atoms with Crippen molar-refractivity contribution >= 4 is 23.7 Å². The van der Waals surface area contributed by atoms with Crippen LogP contribution in [0.15, 0.2) is 0 Å². The quantitative estimate of drug-likeness (QED) is 0.720. The zero-order valence-electron chi connectivity index (χ0n) is 15.7. The Bertz CT molecular complexity index is 582. The van der Waals surface area contributed by atoms with Gasteiger partial charge in [0.05, 0.1) is 6.42 Å². The van der Waals surface area contributed by atoms with Crippen molar-refractivity contribution < 1.29 is 29.2 Å². The third kappa shape index (κ3) is 4.59. The number of carbonyl (C=O) groups excluding carboxylic acids is 4. The maximum Gasteiger partial charge on any atom is 0.333 e. The molecule has 2 fully saturated rings. The predicted molar refractivity (Wildman–Crippen MR) is 88.3 cm³/mol. The molecular formula is C17H26N3O6. The number of imide groups is 1. The van der Waals surface area contributed by atoms with Crippen LogP contribution >= 0.6 is 0 Å². The first-order valence-corrected chi connectivity index (χ1v) is 8.76.